The molecule has 0 saturated heterocycles. The van der Waals surface area contributed by atoms with Crippen LogP contribution in [0, 0.1) is 0 Å². The Labute approximate surface area is 451 Å². The standard InChI is InChI=1S/C70H48N8/c1-3-15-49(16-4-1)55-19-13-21-61(45-55)77(57-35-27-51(28-36-57)65-47-75-43-11-9-25-67(75)71-65)59-39-31-53(32-40-59)69-70(74-64-24-8-7-23-63(64)73-69)54-33-41-60(42-34-54)78(62-22-14-20-56(46-62)50-17-5-2-6-18-50)58-37-29-52(30-38-58)66-48-76-44-12-10-26-68(76)72-66/h1-48H. The molecule has 5 aromatic heterocycles. The summed E-state index contributed by atoms with van der Waals surface area (Å²) in [5, 5.41) is 0. The maximum Gasteiger partial charge on any atom is 0.137 e. The molecule has 9 aromatic carbocycles. The number of hydrogen-bond acceptors (Lipinski definition) is 6. The second-order valence-corrected chi connectivity index (χ2v) is 19.3. The van der Waals surface area contributed by atoms with Gasteiger partial charge in [0.2, 0.25) is 0 Å². The monoisotopic (exact) mass is 1000 g/mol. The highest BCUT2D eigenvalue weighted by atomic mass is 15.1. The Morgan fingerprint density at radius 3 is 0.974 bits per heavy atom. The number of nitrogens with zero attached hydrogens (tertiary/aromatic N) is 8. The van der Waals surface area contributed by atoms with Crippen molar-refractivity contribution in [3.63, 3.8) is 0 Å². The first-order valence-electron chi connectivity index (χ1n) is 26.1. The molecular weight excluding hydrogens is 953 g/mol. The average Bonchev–Trinajstić information content (AvgIpc) is 4.17. The second kappa shape index (κ2) is 19.9. The van der Waals surface area contributed by atoms with Crippen LogP contribution in [-0.2, 0) is 0 Å². The summed E-state index contributed by atoms with van der Waals surface area (Å²) < 4.78 is 4.11. The molecule has 0 atom stereocenters. The number of imidazole rings is 2. The number of benzene rings is 9. The lowest BCUT2D eigenvalue weighted by atomic mass is 10.0. The van der Waals surface area contributed by atoms with Gasteiger partial charge in [-0.1, -0.05) is 158 Å². The average molecular weight is 1000 g/mol. The first-order valence-corrected chi connectivity index (χ1v) is 26.1. The summed E-state index contributed by atoms with van der Waals surface area (Å²) in [6.45, 7) is 0. The Morgan fingerprint density at radius 1 is 0.244 bits per heavy atom. The largest absolute Gasteiger partial charge is 0.310 e. The number of rotatable bonds is 12. The molecule has 368 valence electrons. The van der Waals surface area contributed by atoms with Crippen molar-refractivity contribution in [3.05, 3.63) is 292 Å². The topological polar surface area (TPSA) is 66.9 Å². The molecule has 0 aliphatic rings. The van der Waals surface area contributed by atoms with Gasteiger partial charge in [0.05, 0.1) is 33.8 Å². The Balaban J connectivity index is 0.833. The molecule has 78 heavy (non-hydrogen) atoms. The molecule has 0 fully saturated rings. The van der Waals surface area contributed by atoms with Crippen molar-refractivity contribution in [2.45, 2.75) is 0 Å². The molecule has 0 amide bonds. The van der Waals surface area contributed by atoms with Gasteiger partial charge in [-0.2, -0.15) is 0 Å². The predicted molar refractivity (Wildman–Crippen MR) is 319 cm³/mol. The summed E-state index contributed by atoms with van der Waals surface area (Å²) in [6, 6.07) is 93.5. The van der Waals surface area contributed by atoms with Gasteiger partial charge in [-0.3, -0.25) is 0 Å². The Morgan fingerprint density at radius 2 is 0.590 bits per heavy atom. The van der Waals surface area contributed by atoms with Crippen LogP contribution in [0.3, 0.4) is 0 Å². The SMILES string of the molecule is c1ccc(-c2cccc(N(c3ccc(-c4cn5ccccc5n4)cc3)c3ccc(-c4nc5ccccc5nc4-c4ccc(N(c5ccc(-c6cn7ccccc7n6)cc5)c5cccc(-c6ccccc6)c5)cc4)cc3)c2)cc1. The van der Waals surface area contributed by atoms with Crippen LogP contribution in [0.5, 0.6) is 0 Å². The minimum Gasteiger partial charge on any atom is -0.310 e. The highest BCUT2D eigenvalue weighted by Crippen LogP contribution is 2.42. The zero-order chi connectivity index (χ0) is 51.8. The summed E-state index contributed by atoms with van der Waals surface area (Å²) in [5.74, 6) is 0. The Bertz CT molecular complexity index is 4060. The number of aromatic nitrogens is 6. The zero-order valence-corrected chi connectivity index (χ0v) is 42.3. The van der Waals surface area contributed by atoms with Gasteiger partial charge in [0.25, 0.3) is 0 Å². The van der Waals surface area contributed by atoms with Gasteiger partial charge in [0.1, 0.15) is 11.3 Å². The quantitative estimate of drug-likeness (QED) is 0.121. The third-order valence-electron chi connectivity index (χ3n) is 14.4. The molecule has 0 bridgehead atoms. The highest BCUT2D eigenvalue weighted by Gasteiger charge is 2.20. The summed E-state index contributed by atoms with van der Waals surface area (Å²) >= 11 is 0. The van der Waals surface area contributed by atoms with Gasteiger partial charge < -0.3 is 18.6 Å². The van der Waals surface area contributed by atoms with E-state index in [2.05, 4.69) is 237 Å². The first kappa shape index (κ1) is 45.9. The van der Waals surface area contributed by atoms with Crippen molar-refractivity contribution in [2.75, 3.05) is 9.80 Å². The Kier molecular flexibility index (Phi) is 11.7. The molecule has 0 unspecified atom stereocenters. The van der Waals surface area contributed by atoms with Crippen molar-refractivity contribution in [2.24, 2.45) is 0 Å². The molecule has 0 saturated carbocycles. The van der Waals surface area contributed by atoms with Gasteiger partial charge in [-0.15, -0.1) is 0 Å². The third-order valence-corrected chi connectivity index (χ3v) is 14.4. The molecule has 14 aromatic rings. The van der Waals surface area contributed by atoms with Crippen molar-refractivity contribution in [1.82, 2.24) is 28.7 Å². The van der Waals surface area contributed by atoms with Crippen LogP contribution in [0.1, 0.15) is 0 Å². The molecule has 0 spiro atoms. The van der Waals surface area contributed by atoms with Crippen LogP contribution < -0.4 is 9.80 Å². The number of anilines is 6. The number of para-hydroxylation sites is 2. The van der Waals surface area contributed by atoms with Gasteiger partial charge in [0, 0.05) is 81.2 Å². The van der Waals surface area contributed by atoms with E-state index < -0.39 is 0 Å². The lowest BCUT2D eigenvalue weighted by Crippen LogP contribution is -2.10. The van der Waals surface area contributed by atoms with E-state index in [1.54, 1.807) is 0 Å². The number of pyridine rings is 2. The van der Waals surface area contributed by atoms with Crippen LogP contribution in [0.2, 0.25) is 0 Å². The lowest BCUT2D eigenvalue weighted by Gasteiger charge is -2.27. The fourth-order valence-electron chi connectivity index (χ4n) is 10.5. The molecule has 0 aliphatic carbocycles. The molecule has 5 heterocycles. The third kappa shape index (κ3) is 8.89. The van der Waals surface area contributed by atoms with Crippen LogP contribution >= 0.6 is 0 Å². The van der Waals surface area contributed by atoms with Crippen LogP contribution in [0.15, 0.2) is 292 Å². The number of fused-ring (bicyclic) bond motifs is 3. The van der Waals surface area contributed by atoms with E-state index in [-0.39, 0.29) is 0 Å². The van der Waals surface area contributed by atoms with E-state index in [1.165, 1.54) is 0 Å². The summed E-state index contributed by atoms with van der Waals surface area (Å²) in [6.07, 6.45) is 8.21. The number of hydrogen-bond donors (Lipinski definition) is 0. The zero-order valence-electron chi connectivity index (χ0n) is 42.3. The molecule has 0 N–H and O–H groups in total. The van der Waals surface area contributed by atoms with Crippen LogP contribution in [0.25, 0.3) is 89.6 Å². The highest BCUT2D eigenvalue weighted by molar-refractivity contribution is 5.89. The maximum atomic E-state index is 5.35. The van der Waals surface area contributed by atoms with E-state index in [4.69, 9.17) is 19.9 Å². The predicted octanol–water partition coefficient (Wildman–Crippen LogP) is 17.9. The van der Waals surface area contributed by atoms with Crippen LogP contribution in [-0.4, -0.2) is 28.7 Å². The van der Waals surface area contributed by atoms with Gasteiger partial charge in [-0.25, -0.2) is 19.9 Å². The Hall–Kier alpha value is -10.7. The molecule has 8 nitrogen and oxygen atoms in total. The molecule has 0 aliphatic heterocycles. The molecule has 0 radical (unpaired) electrons. The van der Waals surface area contributed by atoms with E-state index in [9.17, 15) is 0 Å². The van der Waals surface area contributed by atoms with E-state index in [1.807, 2.05) is 73.1 Å². The van der Waals surface area contributed by atoms with E-state index in [0.29, 0.717) is 0 Å². The van der Waals surface area contributed by atoms with Crippen molar-refractivity contribution < 1.29 is 0 Å². The van der Waals surface area contributed by atoms with Gasteiger partial charge >= 0.3 is 0 Å². The lowest BCUT2D eigenvalue weighted by molar-refractivity contribution is 1.19. The fraction of sp³-hybridized carbons (Fsp3) is 0. The normalized spacial score (nSPS) is 11.3. The summed E-state index contributed by atoms with van der Waals surface area (Å²) in [7, 11) is 0. The summed E-state index contributed by atoms with van der Waals surface area (Å²) in [5.41, 5.74) is 21.7. The smallest absolute Gasteiger partial charge is 0.137 e. The van der Waals surface area contributed by atoms with Gasteiger partial charge in [0.15, 0.2) is 0 Å². The first-order chi connectivity index (χ1) is 38.6. The maximum absolute atomic E-state index is 5.35. The minimum atomic E-state index is 0.803. The molecular formula is C70H48N8. The fourth-order valence-corrected chi connectivity index (χ4v) is 10.5. The van der Waals surface area contributed by atoms with Crippen molar-refractivity contribution >= 4 is 56.5 Å². The van der Waals surface area contributed by atoms with Crippen molar-refractivity contribution in [3.8, 4) is 67.3 Å². The van der Waals surface area contributed by atoms with Crippen LogP contribution in [0.4, 0.5) is 34.1 Å². The van der Waals surface area contributed by atoms with Gasteiger partial charge in [-0.05, 0) is 131 Å². The minimum absolute atomic E-state index is 0.803. The van der Waals surface area contributed by atoms with Crippen molar-refractivity contribution in [1.29, 1.82) is 0 Å². The van der Waals surface area contributed by atoms with E-state index in [0.717, 1.165) is 124 Å². The summed E-state index contributed by atoms with van der Waals surface area (Å²) in [4.78, 5) is 25.1. The molecule has 8 heteroatoms. The van der Waals surface area contributed by atoms with E-state index >= 15 is 0 Å². The second-order valence-electron chi connectivity index (χ2n) is 19.3. The molecule has 14 rings (SSSR count).